The van der Waals surface area contributed by atoms with Crippen LogP contribution in [-0.4, -0.2) is 23.5 Å². The highest BCUT2D eigenvalue weighted by Gasteiger charge is 2.16. The van der Waals surface area contributed by atoms with E-state index in [4.69, 9.17) is 0 Å². The molecule has 1 aromatic rings. The molecule has 1 fully saturated rings. The van der Waals surface area contributed by atoms with Crippen LogP contribution in [0.25, 0.3) is 0 Å². The molecule has 0 aromatic carbocycles. The van der Waals surface area contributed by atoms with Crippen molar-refractivity contribution in [1.29, 1.82) is 0 Å². The Morgan fingerprint density at radius 3 is 3.00 bits per heavy atom. The number of carbonyl (C=O) groups is 1. The average molecular weight is 239 g/mol. The fourth-order valence-corrected chi connectivity index (χ4v) is 2.54. The van der Waals surface area contributed by atoms with Crippen LogP contribution in [-0.2, 0) is 11.3 Å². The summed E-state index contributed by atoms with van der Waals surface area (Å²) in [5.74, 6) is 0.0992. The largest absolute Gasteiger partial charge is 0.352 e. The molecule has 0 unspecified atom stereocenters. The van der Waals surface area contributed by atoms with E-state index >= 15 is 0 Å². The molecule has 5 heteroatoms. The van der Waals surface area contributed by atoms with Crippen molar-refractivity contribution in [2.75, 3.05) is 6.54 Å². The van der Waals surface area contributed by atoms with Crippen molar-refractivity contribution < 1.29 is 4.79 Å². The van der Waals surface area contributed by atoms with Crippen molar-refractivity contribution in [3.63, 3.8) is 0 Å². The first kappa shape index (κ1) is 11.5. The van der Waals surface area contributed by atoms with Gasteiger partial charge in [-0.15, -0.1) is 11.3 Å². The quantitative estimate of drug-likeness (QED) is 0.814. The zero-order valence-electron chi connectivity index (χ0n) is 9.24. The lowest BCUT2D eigenvalue weighted by atomic mass is 10.2. The van der Waals surface area contributed by atoms with Gasteiger partial charge in [-0.1, -0.05) is 12.8 Å². The molecule has 1 aromatic heterocycles. The van der Waals surface area contributed by atoms with E-state index < -0.39 is 0 Å². The number of amides is 1. The molecule has 1 aliphatic rings. The molecule has 16 heavy (non-hydrogen) atoms. The summed E-state index contributed by atoms with van der Waals surface area (Å²) < 4.78 is 0. The van der Waals surface area contributed by atoms with Gasteiger partial charge in [-0.2, -0.15) is 0 Å². The van der Waals surface area contributed by atoms with Crippen LogP contribution in [0.3, 0.4) is 0 Å². The van der Waals surface area contributed by atoms with E-state index in [9.17, 15) is 4.79 Å². The van der Waals surface area contributed by atoms with Gasteiger partial charge in [-0.25, -0.2) is 4.98 Å². The van der Waals surface area contributed by atoms with Gasteiger partial charge in [-0.3, -0.25) is 4.79 Å². The summed E-state index contributed by atoms with van der Waals surface area (Å²) in [6, 6.07) is 0.411. The molecule has 0 radical (unpaired) electrons. The maximum Gasteiger partial charge on any atom is 0.234 e. The van der Waals surface area contributed by atoms with Gasteiger partial charge in [0.1, 0.15) is 0 Å². The second-order valence-corrected chi connectivity index (χ2v) is 4.85. The maximum atomic E-state index is 11.5. The molecule has 0 bridgehead atoms. The normalized spacial score (nSPS) is 16.5. The number of thiazole rings is 1. The smallest absolute Gasteiger partial charge is 0.234 e. The second-order valence-electron chi connectivity index (χ2n) is 4.13. The molecule has 0 atom stereocenters. The maximum absolute atomic E-state index is 11.5. The Kier molecular flexibility index (Phi) is 4.30. The molecule has 4 nitrogen and oxygen atoms in total. The molecule has 1 heterocycles. The first-order valence-electron chi connectivity index (χ1n) is 5.72. The molecule has 2 N–H and O–H groups in total. The van der Waals surface area contributed by atoms with Gasteiger partial charge in [0.25, 0.3) is 0 Å². The number of carbonyl (C=O) groups excluding carboxylic acids is 1. The molecule has 1 aliphatic carbocycles. The minimum atomic E-state index is 0.0992. The Morgan fingerprint density at radius 2 is 2.31 bits per heavy atom. The molecular weight excluding hydrogens is 222 g/mol. The third kappa shape index (κ3) is 3.57. The standard InChI is InChI=1S/C11H17N3OS/c15-11(14-9-3-1-2-4-9)6-12-5-10-7-16-8-13-10/h7-9,12H,1-6H2,(H,14,15). The third-order valence-electron chi connectivity index (χ3n) is 2.80. The Hall–Kier alpha value is -0.940. The van der Waals surface area contributed by atoms with Crippen LogP contribution in [0.1, 0.15) is 31.4 Å². The Balaban J connectivity index is 1.60. The van der Waals surface area contributed by atoms with Crippen LogP contribution in [0.15, 0.2) is 10.9 Å². The van der Waals surface area contributed by atoms with Crippen LogP contribution in [0.2, 0.25) is 0 Å². The molecule has 1 saturated carbocycles. The fourth-order valence-electron chi connectivity index (χ4n) is 1.98. The lowest BCUT2D eigenvalue weighted by Gasteiger charge is -2.11. The van der Waals surface area contributed by atoms with Crippen molar-refractivity contribution in [2.45, 2.75) is 38.3 Å². The predicted molar refractivity (Wildman–Crippen MR) is 64.2 cm³/mol. The number of rotatable bonds is 5. The topological polar surface area (TPSA) is 54.0 Å². The Morgan fingerprint density at radius 1 is 1.50 bits per heavy atom. The zero-order valence-corrected chi connectivity index (χ0v) is 10.1. The first-order valence-corrected chi connectivity index (χ1v) is 6.66. The highest BCUT2D eigenvalue weighted by Crippen LogP contribution is 2.17. The van der Waals surface area contributed by atoms with Crippen LogP contribution >= 0.6 is 11.3 Å². The monoisotopic (exact) mass is 239 g/mol. The lowest BCUT2D eigenvalue weighted by molar-refractivity contribution is -0.120. The van der Waals surface area contributed by atoms with Crippen molar-refractivity contribution in [2.24, 2.45) is 0 Å². The lowest BCUT2D eigenvalue weighted by Crippen LogP contribution is -2.38. The fraction of sp³-hybridized carbons (Fsp3) is 0.636. The zero-order chi connectivity index (χ0) is 11.2. The van der Waals surface area contributed by atoms with Crippen LogP contribution in [0.4, 0.5) is 0 Å². The first-order chi connectivity index (χ1) is 7.84. The highest BCUT2D eigenvalue weighted by molar-refractivity contribution is 7.07. The summed E-state index contributed by atoms with van der Waals surface area (Å²) in [5, 5.41) is 8.12. The minimum absolute atomic E-state index is 0.0992. The van der Waals surface area contributed by atoms with E-state index in [-0.39, 0.29) is 5.91 Å². The molecule has 0 saturated heterocycles. The average Bonchev–Trinajstić information content (AvgIpc) is 2.90. The van der Waals surface area contributed by atoms with E-state index in [0.29, 0.717) is 19.1 Å². The molecule has 0 aliphatic heterocycles. The van der Waals surface area contributed by atoms with Crippen LogP contribution < -0.4 is 10.6 Å². The summed E-state index contributed by atoms with van der Waals surface area (Å²) in [6.07, 6.45) is 4.77. The van der Waals surface area contributed by atoms with E-state index in [1.165, 1.54) is 12.8 Å². The van der Waals surface area contributed by atoms with Crippen molar-refractivity contribution in [3.05, 3.63) is 16.6 Å². The van der Waals surface area contributed by atoms with E-state index in [0.717, 1.165) is 18.5 Å². The van der Waals surface area contributed by atoms with Gasteiger partial charge in [-0.05, 0) is 12.8 Å². The summed E-state index contributed by atoms with van der Waals surface area (Å²) >= 11 is 1.57. The highest BCUT2D eigenvalue weighted by atomic mass is 32.1. The molecular formula is C11H17N3OS. The van der Waals surface area contributed by atoms with Crippen molar-refractivity contribution >= 4 is 17.2 Å². The Labute approximate surface area is 99.5 Å². The molecule has 1 amide bonds. The van der Waals surface area contributed by atoms with Gasteiger partial charge < -0.3 is 10.6 Å². The SMILES string of the molecule is O=C(CNCc1cscn1)NC1CCCC1. The summed E-state index contributed by atoms with van der Waals surface area (Å²) in [5.41, 5.74) is 2.80. The van der Waals surface area contributed by atoms with Crippen LogP contribution in [0.5, 0.6) is 0 Å². The minimum Gasteiger partial charge on any atom is -0.352 e. The number of hydrogen-bond donors (Lipinski definition) is 2. The number of hydrogen-bond acceptors (Lipinski definition) is 4. The predicted octanol–water partition coefficient (Wildman–Crippen LogP) is 1.29. The number of nitrogens with one attached hydrogen (secondary N) is 2. The van der Waals surface area contributed by atoms with Gasteiger partial charge >= 0.3 is 0 Å². The molecule has 88 valence electrons. The number of aromatic nitrogens is 1. The van der Waals surface area contributed by atoms with Gasteiger partial charge in [0.05, 0.1) is 17.7 Å². The van der Waals surface area contributed by atoms with Crippen LogP contribution in [0, 0.1) is 0 Å². The van der Waals surface area contributed by atoms with E-state index in [1.54, 1.807) is 16.8 Å². The van der Waals surface area contributed by atoms with Gasteiger partial charge in [0.15, 0.2) is 0 Å². The van der Waals surface area contributed by atoms with Gasteiger partial charge in [0, 0.05) is 18.0 Å². The third-order valence-corrected chi connectivity index (χ3v) is 3.43. The summed E-state index contributed by atoms with van der Waals surface area (Å²) in [7, 11) is 0. The van der Waals surface area contributed by atoms with E-state index in [1.807, 2.05) is 5.38 Å². The van der Waals surface area contributed by atoms with E-state index in [2.05, 4.69) is 15.6 Å². The number of nitrogens with zero attached hydrogens (tertiary/aromatic N) is 1. The summed E-state index contributed by atoms with van der Waals surface area (Å²) in [6.45, 7) is 1.05. The molecule has 2 rings (SSSR count). The second kappa shape index (κ2) is 5.96. The van der Waals surface area contributed by atoms with Gasteiger partial charge in [0.2, 0.25) is 5.91 Å². The Bertz CT molecular complexity index is 320. The van der Waals surface area contributed by atoms with Crippen molar-refractivity contribution in [1.82, 2.24) is 15.6 Å². The summed E-state index contributed by atoms with van der Waals surface area (Å²) in [4.78, 5) is 15.7. The molecule has 0 spiro atoms. The van der Waals surface area contributed by atoms with Crippen molar-refractivity contribution in [3.8, 4) is 0 Å².